The van der Waals surface area contributed by atoms with Crippen LogP contribution in [0.25, 0.3) is 0 Å². The first kappa shape index (κ1) is 17.8. The Balaban J connectivity index is 1.53. The fourth-order valence-corrected chi connectivity index (χ4v) is 3.80. The topological polar surface area (TPSA) is 29.5 Å². The van der Waals surface area contributed by atoms with Crippen LogP contribution in [-0.2, 0) is 9.53 Å². The molecule has 1 aliphatic heterocycles. The molecule has 0 radical (unpaired) electrons. The van der Waals surface area contributed by atoms with Gasteiger partial charge >= 0.3 is 0 Å². The maximum Gasteiger partial charge on any atom is 0.225 e. The molecular weight excluding hydrogens is 274 g/mol. The first-order chi connectivity index (χ1) is 10.6. The molecule has 2 fully saturated rings. The zero-order chi connectivity index (χ0) is 15.9. The number of piperidine rings is 1. The summed E-state index contributed by atoms with van der Waals surface area (Å²) in [6.07, 6.45) is 8.97. The molecule has 1 saturated carbocycles. The summed E-state index contributed by atoms with van der Waals surface area (Å²) >= 11 is 0. The van der Waals surface area contributed by atoms with E-state index in [9.17, 15) is 4.79 Å². The van der Waals surface area contributed by atoms with Gasteiger partial charge in [0.25, 0.3) is 0 Å². The molecule has 2 aliphatic rings. The number of ether oxygens (including phenoxy) is 1. The zero-order valence-electron chi connectivity index (χ0n) is 14.9. The van der Waals surface area contributed by atoms with Crippen LogP contribution in [0.4, 0.5) is 0 Å². The van der Waals surface area contributed by atoms with Crippen molar-refractivity contribution in [3.8, 4) is 0 Å². The number of carbonyl (C=O) groups is 1. The maximum atomic E-state index is 12.0. The van der Waals surface area contributed by atoms with Gasteiger partial charge in [-0.25, -0.2) is 0 Å². The summed E-state index contributed by atoms with van der Waals surface area (Å²) in [5.74, 6) is 2.94. The van der Waals surface area contributed by atoms with Gasteiger partial charge in [-0.1, -0.05) is 33.6 Å². The lowest BCUT2D eigenvalue weighted by Gasteiger charge is -2.33. The fourth-order valence-electron chi connectivity index (χ4n) is 3.80. The Morgan fingerprint density at radius 2 is 1.68 bits per heavy atom. The van der Waals surface area contributed by atoms with Crippen molar-refractivity contribution in [3.05, 3.63) is 0 Å². The molecule has 0 atom stereocenters. The van der Waals surface area contributed by atoms with Gasteiger partial charge in [0.1, 0.15) is 0 Å². The number of hydrogen-bond donors (Lipinski definition) is 0. The first-order valence-corrected chi connectivity index (χ1v) is 9.42. The molecule has 22 heavy (non-hydrogen) atoms. The van der Waals surface area contributed by atoms with Gasteiger partial charge < -0.3 is 9.64 Å². The molecule has 0 aromatic carbocycles. The van der Waals surface area contributed by atoms with Crippen LogP contribution in [0, 0.1) is 23.7 Å². The maximum absolute atomic E-state index is 12.0. The van der Waals surface area contributed by atoms with Crippen molar-refractivity contribution in [2.24, 2.45) is 23.7 Å². The normalized spacial score (nSPS) is 27.4. The second kappa shape index (κ2) is 8.90. The quantitative estimate of drug-likeness (QED) is 0.691. The van der Waals surface area contributed by atoms with E-state index in [0.29, 0.717) is 5.91 Å². The van der Waals surface area contributed by atoms with Crippen molar-refractivity contribution < 1.29 is 9.53 Å². The van der Waals surface area contributed by atoms with Crippen molar-refractivity contribution in [1.82, 2.24) is 4.90 Å². The summed E-state index contributed by atoms with van der Waals surface area (Å²) < 4.78 is 5.94. The molecule has 3 heteroatoms. The lowest BCUT2D eigenvalue weighted by Crippen LogP contribution is -2.40. The summed E-state index contributed by atoms with van der Waals surface area (Å²) in [5, 5.41) is 0. The third-order valence-corrected chi connectivity index (χ3v) is 5.58. The molecule has 0 N–H and O–H groups in total. The average molecular weight is 309 g/mol. The number of carbonyl (C=O) groups excluding carboxylic acids is 1. The third-order valence-electron chi connectivity index (χ3n) is 5.58. The molecule has 1 heterocycles. The van der Waals surface area contributed by atoms with Gasteiger partial charge in [0.2, 0.25) is 5.91 Å². The number of nitrogens with zero attached hydrogens (tertiary/aromatic N) is 1. The lowest BCUT2D eigenvalue weighted by molar-refractivity contribution is -0.135. The average Bonchev–Trinajstić information content (AvgIpc) is 2.53. The minimum Gasteiger partial charge on any atom is -0.381 e. The Bertz CT molecular complexity index is 326. The number of hydrogen-bond acceptors (Lipinski definition) is 2. The van der Waals surface area contributed by atoms with E-state index in [0.717, 1.165) is 56.9 Å². The van der Waals surface area contributed by atoms with E-state index in [1.54, 1.807) is 0 Å². The molecule has 0 aromatic heterocycles. The Hall–Kier alpha value is -0.570. The molecule has 1 saturated heterocycles. The van der Waals surface area contributed by atoms with Gasteiger partial charge in [0.05, 0.1) is 0 Å². The standard InChI is InChI=1S/C19H35NO2/c1-15(2)19(21)20-11-8-17(9-12-20)10-13-22-14-18-6-4-16(3)5-7-18/h15-18H,4-14H2,1-3H3. The van der Waals surface area contributed by atoms with Crippen molar-refractivity contribution in [1.29, 1.82) is 0 Å². The van der Waals surface area contributed by atoms with Crippen LogP contribution in [0.15, 0.2) is 0 Å². The number of rotatable bonds is 6. The SMILES string of the molecule is CC1CCC(COCCC2CCN(C(=O)C(C)C)CC2)CC1. The van der Waals surface area contributed by atoms with Crippen LogP contribution in [0.2, 0.25) is 0 Å². The van der Waals surface area contributed by atoms with E-state index in [1.807, 2.05) is 18.7 Å². The number of amides is 1. The second-order valence-electron chi connectivity index (χ2n) is 7.91. The molecule has 0 unspecified atom stereocenters. The van der Waals surface area contributed by atoms with Gasteiger partial charge in [-0.05, 0) is 49.9 Å². The molecular formula is C19H35NO2. The third kappa shape index (κ3) is 5.57. The Morgan fingerprint density at radius 3 is 2.27 bits per heavy atom. The van der Waals surface area contributed by atoms with Crippen LogP contribution in [0.1, 0.15) is 65.7 Å². The van der Waals surface area contributed by atoms with Crippen LogP contribution in [-0.4, -0.2) is 37.1 Å². The van der Waals surface area contributed by atoms with Crippen molar-refractivity contribution in [2.45, 2.75) is 65.7 Å². The Morgan fingerprint density at radius 1 is 1.05 bits per heavy atom. The van der Waals surface area contributed by atoms with Crippen LogP contribution < -0.4 is 0 Å². The molecule has 2 rings (SSSR count). The Kier molecular flexibility index (Phi) is 7.20. The van der Waals surface area contributed by atoms with Gasteiger partial charge in [0.15, 0.2) is 0 Å². The van der Waals surface area contributed by atoms with Gasteiger partial charge in [0, 0.05) is 32.2 Å². The lowest BCUT2D eigenvalue weighted by atomic mass is 9.83. The molecule has 1 aliphatic carbocycles. The zero-order valence-corrected chi connectivity index (χ0v) is 14.9. The van der Waals surface area contributed by atoms with Crippen molar-refractivity contribution >= 4 is 5.91 Å². The summed E-state index contributed by atoms with van der Waals surface area (Å²) in [6.45, 7) is 10.1. The van der Waals surface area contributed by atoms with E-state index in [4.69, 9.17) is 4.74 Å². The first-order valence-electron chi connectivity index (χ1n) is 9.42. The Labute approximate surface area is 136 Å². The predicted molar refractivity (Wildman–Crippen MR) is 90.7 cm³/mol. The van der Waals surface area contributed by atoms with E-state index >= 15 is 0 Å². The number of likely N-dealkylation sites (tertiary alicyclic amines) is 1. The van der Waals surface area contributed by atoms with Gasteiger partial charge in [-0.2, -0.15) is 0 Å². The molecule has 0 aromatic rings. The summed E-state index contributed by atoms with van der Waals surface area (Å²) in [4.78, 5) is 14.0. The molecule has 0 spiro atoms. The highest BCUT2D eigenvalue weighted by Gasteiger charge is 2.24. The molecule has 3 nitrogen and oxygen atoms in total. The van der Waals surface area contributed by atoms with Gasteiger partial charge in [-0.15, -0.1) is 0 Å². The van der Waals surface area contributed by atoms with E-state index in [1.165, 1.54) is 32.1 Å². The highest BCUT2D eigenvalue weighted by atomic mass is 16.5. The molecule has 128 valence electrons. The van der Waals surface area contributed by atoms with Gasteiger partial charge in [-0.3, -0.25) is 4.79 Å². The summed E-state index contributed by atoms with van der Waals surface area (Å²) in [5.41, 5.74) is 0. The van der Waals surface area contributed by atoms with Crippen LogP contribution in [0.5, 0.6) is 0 Å². The van der Waals surface area contributed by atoms with E-state index in [-0.39, 0.29) is 5.92 Å². The van der Waals surface area contributed by atoms with Crippen LogP contribution in [0.3, 0.4) is 0 Å². The summed E-state index contributed by atoms with van der Waals surface area (Å²) in [6, 6.07) is 0. The highest BCUT2D eigenvalue weighted by molar-refractivity contribution is 5.78. The van der Waals surface area contributed by atoms with Crippen molar-refractivity contribution in [3.63, 3.8) is 0 Å². The second-order valence-corrected chi connectivity index (χ2v) is 7.91. The molecule has 1 amide bonds. The minimum absolute atomic E-state index is 0.137. The predicted octanol–water partition coefficient (Wildman–Crippen LogP) is 4.11. The van der Waals surface area contributed by atoms with E-state index < -0.39 is 0 Å². The molecule has 0 bridgehead atoms. The summed E-state index contributed by atoms with van der Waals surface area (Å²) in [7, 11) is 0. The van der Waals surface area contributed by atoms with E-state index in [2.05, 4.69) is 6.92 Å². The minimum atomic E-state index is 0.137. The smallest absolute Gasteiger partial charge is 0.225 e. The monoisotopic (exact) mass is 309 g/mol. The largest absolute Gasteiger partial charge is 0.381 e. The fraction of sp³-hybridized carbons (Fsp3) is 0.947. The van der Waals surface area contributed by atoms with Crippen LogP contribution >= 0.6 is 0 Å². The van der Waals surface area contributed by atoms with Crippen molar-refractivity contribution in [2.75, 3.05) is 26.3 Å². The highest BCUT2D eigenvalue weighted by Crippen LogP contribution is 2.28.